The molecule has 0 saturated heterocycles. The third kappa shape index (κ3) is 6.52. The number of furan rings is 1. The van der Waals surface area contributed by atoms with Crippen LogP contribution >= 0.6 is 11.6 Å². The normalized spacial score (nSPS) is 11.5. The van der Waals surface area contributed by atoms with Crippen molar-refractivity contribution in [2.24, 2.45) is 0 Å². The summed E-state index contributed by atoms with van der Waals surface area (Å²) in [5, 5.41) is 3.31. The highest BCUT2D eigenvalue weighted by molar-refractivity contribution is 6.32. The van der Waals surface area contributed by atoms with Crippen molar-refractivity contribution < 1.29 is 18.7 Å². The van der Waals surface area contributed by atoms with Crippen LogP contribution in [0.2, 0.25) is 5.02 Å². The predicted octanol–water partition coefficient (Wildman–Crippen LogP) is 5.40. The number of carbonyl (C=O) groups is 2. The standard InChI is InChI=1S/C28H25ClN2O4/c29-24-15-7-8-16-25(24)35-20-26(32)31(19-21-10-3-1-4-11-21)27(22-12-5-2-6-13-22)28(33)30-18-23-14-9-17-34-23/h1-17,27H,18-20H2,(H,30,33)/t27-/m1/s1. The summed E-state index contributed by atoms with van der Waals surface area (Å²) >= 11 is 6.19. The maximum Gasteiger partial charge on any atom is 0.261 e. The van der Waals surface area contributed by atoms with Crippen LogP contribution in [0.25, 0.3) is 0 Å². The van der Waals surface area contributed by atoms with E-state index in [0.29, 0.717) is 22.1 Å². The number of ether oxygens (including phenoxy) is 1. The zero-order chi connectivity index (χ0) is 24.5. The molecule has 4 rings (SSSR count). The van der Waals surface area contributed by atoms with Crippen LogP contribution in [0.3, 0.4) is 0 Å². The molecule has 35 heavy (non-hydrogen) atoms. The Kier molecular flexibility index (Phi) is 8.20. The fourth-order valence-electron chi connectivity index (χ4n) is 3.68. The maximum absolute atomic E-state index is 13.5. The number of nitrogens with one attached hydrogen (secondary N) is 1. The summed E-state index contributed by atoms with van der Waals surface area (Å²) in [6.45, 7) is 0.156. The molecule has 1 atom stereocenters. The van der Waals surface area contributed by atoms with Crippen LogP contribution in [-0.2, 0) is 22.7 Å². The zero-order valence-corrected chi connectivity index (χ0v) is 19.7. The molecule has 1 aromatic heterocycles. The van der Waals surface area contributed by atoms with Gasteiger partial charge in [0.05, 0.1) is 17.8 Å². The molecular formula is C28H25ClN2O4. The highest BCUT2D eigenvalue weighted by Crippen LogP contribution is 2.26. The van der Waals surface area contributed by atoms with E-state index in [-0.39, 0.29) is 31.5 Å². The number of hydrogen-bond donors (Lipinski definition) is 1. The fourth-order valence-corrected chi connectivity index (χ4v) is 3.87. The number of hydrogen-bond acceptors (Lipinski definition) is 4. The van der Waals surface area contributed by atoms with Gasteiger partial charge in [-0.25, -0.2) is 0 Å². The van der Waals surface area contributed by atoms with Gasteiger partial charge in [-0.15, -0.1) is 0 Å². The predicted molar refractivity (Wildman–Crippen MR) is 134 cm³/mol. The molecule has 0 bridgehead atoms. The molecule has 0 spiro atoms. The Hall–Kier alpha value is -4.03. The minimum absolute atomic E-state index is 0.207. The lowest BCUT2D eigenvalue weighted by molar-refractivity contribution is -0.143. The van der Waals surface area contributed by atoms with Gasteiger partial charge in [-0.2, -0.15) is 0 Å². The van der Waals surface area contributed by atoms with Crippen molar-refractivity contribution in [1.82, 2.24) is 10.2 Å². The van der Waals surface area contributed by atoms with Crippen LogP contribution < -0.4 is 10.1 Å². The summed E-state index contributed by atoms with van der Waals surface area (Å²) in [6.07, 6.45) is 1.55. The summed E-state index contributed by atoms with van der Waals surface area (Å²) in [7, 11) is 0. The maximum atomic E-state index is 13.5. The van der Waals surface area contributed by atoms with Gasteiger partial charge in [0.15, 0.2) is 6.61 Å². The molecular weight excluding hydrogens is 464 g/mol. The number of benzene rings is 3. The van der Waals surface area contributed by atoms with E-state index >= 15 is 0 Å². The van der Waals surface area contributed by atoms with Crippen LogP contribution in [0.5, 0.6) is 5.75 Å². The summed E-state index contributed by atoms with van der Waals surface area (Å²) in [4.78, 5) is 28.6. The minimum atomic E-state index is -0.881. The molecule has 4 aromatic rings. The van der Waals surface area contributed by atoms with Gasteiger partial charge in [0, 0.05) is 6.54 Å². The van der Waals surface area contributed by atoms with E-state index in [1.165, 1.54) is 4.90 Å². The molecule has 1 N–H and O–H groups in total. The average molecular weight is 489 g/mol. The molecule has 178 valence electrons. The first-order valence-electron chi connectivity index (χ1n) is 11.2. The lowest BCUT2D eigenvalue weighted by atomic mass is 10.0. The Morgan fingerprint density at radius 1 is 0.886 bits per heavy atom. The molecule has 0 aliphatic rings. The first kappa shape index (κ1) is 24.1. The van der Waals surface area contributed by atoms with Gasteiger partial charge in [0.25, 0.3) is 5.91 Å². The van der Waals surface area contributed by atoms with Crippen molar-refractivity contribution in [2.45, 2.75) is 19.1 Å². The summed E-state index contributed by atoms with van der Waals surface area (Å²) in [5.41, 5.74) is 1.57. The van der Waals surface area contributed by atoms with Crippen molar-refractivity contribution in [3.8, 4) is 5.75 Å². The van der Waals surface area contributed by atoms with Crippen LogP contribution in [0.4, 0.5) is 0 Å². The van der Waals surface area contributed by atoms with E-state index in [4.69, 9.17) is 20.8 Å². The molecule has 0 saturated carbocycles. The number of para-hydroxylation sites is 1. The SMILES string of the molecule is O=C(NCc1ccco1)[C@@H](c1ccccc1)N(Cc1ccccc1)C(=O)COc1ccccc1Cl. The van der Waals surface area contributed by atoms with Crippen LogP contribution in [0.15, 0.2) is 108 Å². The van der Waals surface area contributed by atoms with Crippen LogP contribution in [-0.4, -0.2) is 23.3 Å². The first-order chi connectivity index (χ1) is 17.1. The Bertz CT molecular complexity index is 1230. The molecule has 0 aliphatic carbocycles. The van der Waals surface area contributed by atoms with Gasteiger partial charge >= 0.3 is 0 Å². The lowest BCUT2D eigenvalue weighted by Gasteiger charge is -2.31. The molecule has 0 fully saturated rings. The number of halogens is 1. The molecule has 1 heterocycles. The summed E-state index contributed by atoms with van der Waals surface area (Å²) in [6, 6.07) is 28.3. The van der Waals surface area contributed by atoms with Gasteiger partial charge in [-0.05, 0) is 35.4 Å². The highest BCUT2D eigenvalue weighted by atomic mass is 35.5. The topological polar surface area (TPSA) is 71.8 Å². The van der Waals surface area contributed by atoms with Crippen molar-refractivity contribution in [3.63, 3.8) is 0 Å². The minimum Gasteiger partial charge on any atom is -0.482 e. The van der Waals surface area contributed by atoms with E-state index in [2.05, 4.69) is 5.32 Å². The molecule has 2 amide bonds. The second-order valence-electron chi connectivity index (χ2n) is 7.84. The van der Waals surface area contributed by atoms with E-state index < -0.39 is 6.04 Å². The third-order valence-corrected chi connectivity index (χ3v) is 5.71. The Morgan fingerprint density at radius 3 is 2.26 bits per heavy atom. The Labute approximate surface area is 209 Å². The van der Waals surface area contributed by atoms with Gasteiger partial charge < -0.3 is 19.4 Å². The molecule has 0 radical (unpaired) electrons. The number of rotatable bonds is 10. The number of amides is 2. The van der Waals surface area contributed by atoms with Crippen LogP contribution in [0.1, 0.15) is 22.9 Å². The van der Waals surface area contributed by atoms with Gasteiger partial charge in [-0.3, -0.25) is 9.59 Å². The van der Waals surface area contributed by atoms with E-state index in [0.717, 1.165) is 5.56 Å². The van der Waals surface area contributed by atoms with Crippen molar-refractivity contribution in [2.75, 3.05) is 6.61 Å². The largest absolute Gasteiger partial charge is 0.482 e. The highest BCUT2D eigenvalue weighted by Gasteiger charge is 2.32. The van der Waals surface area contributed by atoms with E-state index in [1.807, 2.05) is 60.7 Å². The van der Waals surface area contributed by atoms with Gasteiger partial charge in [0.2, 0.25) is 5.91 Å². The quantitative estimate of drug-likeness (QED) is 0.324. The van der Waals surface area contributed by atoms with Crippen molar-refractivity contribution in [3.05, 3.63) is 125 Å². The van der Waals surface area contributed by atoms with Gasteiger partial charge in [-0.1, -0.05) is 84.4 Å². The number of nitrogens with zero attached hydrogens (tertiary/aromatic N) is 1. The molecule has 6 nitrogen and oxygen atoms in total. The molecule has 0 aliphatic heterocycles. The van der Waals surface area contributed by atoms with Gasteiger partial charge in [0.1, 0.15) is 17.6 Å². The average Bonchev–Trinajstić information content (AvgIpc) is 3.41. The smallest absolute Gasteiger partial charge is 0.261 e. The zero-order valence-electron chi connectivity index (χ0n) is 19.0. The molecule has 7 heteroatoms. The summed E-state index contributed by atoms with van der Waals surface area (Å²) < 4.78 is 11.1. The second kappa shape index (κ2) is 11.9. The van der Waals surface area contributed by atoms with E-state index in [9.17, 15) is 9.59 Å². The van der Waals surface area contributed by atoms with Crippen molar-refractivity contribution in [1.29, 1.82) is 0 Å². The third-order valence-electron chi connectivity index (χ3n) is 5.40. The lowest BCUT2D eigenvalue weighted by Crippen LogP contribution is -2.45. The Morgan fingerprint density at radius 2 is 1.57 bits per heavy atom. The van der Waals surface area contributed by atoms with Crippen LogP contribution in [0, 0.1) is 0 Å². The number of carbonyl (C=O) groups excluding carboxylic acids is 2. The summed E-state index contributed by atoms with van der Waals surface area (Å²) in [5.74, 6) is 0.347. The van der Waals surface area contributed by atoms with E-state index in [1.54, 1.807) is 42.7 Å². The molecule has 3 aromatic carbocycles. The monoisotopic (exact) mass is 488 g/mol. The first-order valence-corrected chi connectivity index (χ1v) is 11.6. The second-order valence-corrected chi connectivity index (χ2v) is 8.24. The molecule has 0 unspecified atom stereocenters. The fraction of sp³-hybridized carbons (Fsp3) is 0.143. The Balaban J connectivity index is 1.62. The van der Waals surface area contributed by atoms with Crippen molar-refractivity contribution >= 4 is 23.4 Å².